The van der Waals surface area contributed by atoms with Crippen LogP contribution in [0.5, 0.6) is 11.5 Å². The van der Waals surface area contributed by atoms with Crippen LogP contribution < -0.4 is 10.1 Å². The molecule has 4 rings (SSSR count). The lowest BCUT2D eigenvalue weighted by Crippen LogP contribution is -2.11. The molecule has 0 saturated heterocycles. The van der Waals surface area contributed by atoms with Crippen LogP contribution >= 0.6 is 0 Å². The summed E-state index contributed by atoms with van der Waals surface area (Å²) in [5, 5.41) is 14.1. The van der Waals surface area contributed by atoms with Gasteiger partial charge in [-0.2, -0.15) is 0 Å². The summed E-state index contributed by atoms with van der Waals surface area (Å²) in [6, 6.07) is 13.7. The van der Waals surface area contributed by atoms with E-state index in [2.05, 4.69) is 34.6 Å². The first-order valence-corrected chi connectivity index (χ1v) is 6.59. The van der Waals surface area contributed by atoms with Crippen LogP contribution in [0.3, 0.4) is 0 Å². The molecule has 0 radical (unpaired) electrons. The van der Waals surface area contributed by atoms with Gasteiger partial charge in [0.25, 0.3) is 0 Å². The first-order valence-electron chi connectivity index (χ1n) is 6.59. The van der Waals surface area contributed by atoms with Crippen molar-refractivity contribution < 1.29 is 9.84 Å². The summed E-state index contributed by atoms with van der Waals surface area (Å²) in [5.74, 6) is 0.989. The van der Waals surface area contributed by atoms with Crippen LogP contribution in [-0.2, 0) is 0 Å². The Labute approximate surface area is 116 Å². The minimum absolute atomic E-state index is 0.113. The van der Waals surface area contributed by atoms with Crippen molar-refractivity contribution in [2.45, 2.75) is 6.04 Å². The zero-order chi connectivity index (χ0) is 13.5. The Hall–Kier alpha value is -2.62. The van der Waals surface area contributed by atoms with Crippen molar-refractivity contribution in [1.29, 1.82) is 0 Å². The third kappa shape index (κ3) is 1.77. The highest BCUT2D eigenvalue weighted by Crippen LogP contribution is 2.36. The summed E-state index contributed by atoms with van der Waals surface area (Å²) in [6.45, 7) is 0.573. The van der Waals surface area contributed by atoms with Gasteiger partial charge >= 0.3 is 0 Å². The zero-order valence-electron chi connectivity index (χ0n) is 10.8. The molecule has 3 N–H and O–H groups in total. The average Bonchev–Trinajstić information content (AvgIpc) is 3.05. The van der Waals surface area contributed by atoms with Gasteiger partial charge in [0.2, 0.25) is 0 Å². The maximum Gasteiger partial charge on any atom is 0.128 e. The van der Waals surface area contributed by atoms with E-state index in [1.165, 1.54) is 5.39 Å². The molecule has 0 amide bonds. The Balaban J connectivity index is 1.64. The summed E-state index contributed by atoms with van der Waals surface area (Å²) < 4.78 is 5.61. The molecule has 0 aliphatic carbocycles. The number of benzene rings is 2. The van der Waals surface area contributed by atoms with Gasteiger partial charge in [-0.1, -0.05) is 0 Å². The summed E-state index contributed by atoms with van der Waals surface area (Å²) in [4.78, 5) is 3.18. The Morgan fingerprint density at radius 1 is 1.15 bits per heavy atom. The number of hydrogen-bond donors (Lipinski definition) is 3. The number of anilines is 1. The molecule has 1 aromatic heterocycles. The van der Waals surface area contributed by atoms with Gasteiger partial charge in [0.05, 0.1) is 6.04 Å². The minimum Gasteiger partial charge on any atom is -0.508 e. The van der Waals surface area contributed by atoms with Crippen molar-refractivity contribution in [1.82, 2.24) is 4.98 Å². The van der Waals surface area contributed by atoms with Gasteiger partial charge in [-0.05, 0) is 36.4 Å². The van der Waals surface area contributed by atoms with E-state index in [-0.39, 0.29) is 11.8 Å². The van der Waals surface area contributed by atoms with Gasteiger partial charge in [0, 0.05) is 34.4 Å². The van der Waals surface area contributed by atoms with Crippen LogP contribution in [0.15, 0.2) is 48.7 Å². The molecular formula is C16H14N2O2. The molecule has 0 saturated carbocycles. The summed E-state index contributed by atoms with van der Waals surface area (Å²) in [6.07, 6.45) is 1.94. The summed E-state index contributed by atoms with van der Waals surface area (Å²) in [5.41, 5.74) is 3.27. The molecule has 1 atom stereocenters. The molecular weight excluding hydrogens is 252 g/mol. The molecule has 1 aliphatic rings. The number of ether oxygens (including phenoxy) is 1. The smallest absolute Gasteiger partial charge is 0.128 e. The molecule has 0 bridgehead atoms. The van der Waals surface area contributed by atoms with E-state index in [1.54, 1.807) is 12.1 Å². The van der Waals surface area contributed by atoms with Crippen molar-refractivity contribution in [3.05, 3.63) is 54.2 Å². The fourth-order valence-corrected chi connectivity index (χ4v) is 2.66. The predicted molar refractivity (Wildman–Crippen MR) is 78.3 cm³/mol. The van der Waals surface area contributed by atoms with Gasteiger partial charge in [-0.3, -0.25) is 0 Å². The molecule has 0 fully saturated rings. The Morgan fingerprint density at radius 3 is 3.05 bits per heavy atom. The summed E-state index contributed by atoms with van der Waals surface area (Å²) in [7, 11) is 0. The number of fused-ring (bicyclic) bond motifs is 2. The number of aromatic amines is 1. The molecule has 3 aromatic rings. The highest BCUT2D eigenvalue weighted by molar-refractivity contribution is 5.83. The Kier molecular flexibility index (Phi) is 2.36. The second kappa shape index (κ2) is 4.20. The second-order valence-electron chi connectivity index (χ2n) is 5.01. The zero-order valence-corrected chi connectivity index (χ0v) is 10.8. The van der Waals surface area contributed by atoms with Gasteiger partial charge in [-0.15, -0.1) is 0 Å². The van der Waals surface area contributed by atoms with Crippen molar-refractivity contribution in [2.75, 3.05) is 11.9 Å². The van der Waals surface area contributed by atoms with Crippen molar-refractivity contribution in [3.8, 4) is 11.5 Å². The van der Waals surface area contributed by atoms with Gasteiger partial charge in [0.15, 0.2) is 0 Å². The van der Waals surface area contributed by atoms with E-state index in [9.17, 15) is 5.11 Å². The van der Waals surface area contributed by atoms with Crippen molar-refractivity contribution in [3.63, 3.8) is 0 Å². The number of aromatic hydroxyl groups is 1. The number of H-pyrrole nitrogens is 1. The van der Waals surface area contributed by atoms with Gasteiger partial charge in [-0.25, -0.2) is 0 Å². The number of rotatable bonds is 2. The maximum atomic E-state index is 9.46. The molecule has 0 spiro atoms. The number of hydrogen-bond acceptors (Lipinski definition) is 3. The van der Waals surface area contributed by atoms with Crippen LogP contribution in [-0.4, -0.2) is 16.7 Å². The van der Waals surface area contributed by atoms with Gasteiger partial charge in [0.1, 0.15) is 18.1 Å². The molecule has 1 unspecified atom stereocenters. The monoisotopic (exact) mass is 266 g/mol. The van der Waals surface area contributed by atoms with E-state index in [0.29, 0.717) is 6.61 Å². The quantitative estimate of drug-likeness (QED) is 0.666. The first kappa shape index (κ1) is 11.2. The predicted octanol–water partition coefficient (Wildman–Crippen LogP) is 3.42. The van der Waals surface area contributed by atoms with Crippen LogP contribution in [0.25, 0.3) is 10.9 Å². The molecule has 1 aliphatic heterocycles. The van der Waals surface area contributed by atoms with E-state index >= 15 is 0 Å². The largest absolute Gasteiger partial charge is 0.508 e. The molecule has 4 nitrogen and oxygen atoms in total. The third-order valence-corrected chi connectivity index (χ3v) is 3.67. The SMILES string of the molecule is Oc1ccc2c(c1)OCC2Nc1ccc2[nH]ccc2c1. The molecule has 2 aromatic carbocycles. The third-order valence-electron chi connectivity index (χ3n) is 3.67. The highest BCUT2D eigenvalue weighted by Gasteiger charge is 2.24. The number of phenolic OH excluding ortho intramolecular Hbond substituents is 1. The van der Waals surface area contributed by atoms with Crippen LogP contribution in [0, 0.1) is 0 Å². The standard InChI is InChI=1S/C16H14N2O2/c19-12-2-3-13-15(9-20-16(13)8-12)18-11-1-4-14-10(7-11)5-6-17-14/h1-8,15,17-19H,9H2. The van der Waals surface area contributed by atoms with Crippen molar-refractivity contribution >= 4 is 16.6 Å². The van der Waals surface area contributed by atoms with Crippen LogP contribution in [0.2, 0.25) is 0 Å². The topological polar surface area (TPSA) is 57.3 Å². The van der Waals surface area contributed by atoms with Crippen LogP contribution in [0.1, 0.15) is 11.6 Å². The Morgan fingerprint density at radius 2 is 2.10 bits per heavy atom. The summed E-state index contributed by atoms with van der Waals surface area (Å²) >= 11 is 0. The number of nitrogens with one attached hydrogen (secondary N) is 2. The second-order valence-corrected chi connectivity index (χ2v) is 5.01. The lowest BCUT2D eigenvalue weighted by Gasteiger charge is -2.13. The lowest BCUT2D eigenvalue weighted by atomic mass is 10.1. The minimum atomic E-state index is 0.113. The van der Waals surface area contributed by atoms with E-state index < -0.39 is 0 Å². The normalized spacial score (nSPS) is 16.9. The number of phenols is 1. The van der Waals surface area contributed by atoms with E-state index in [4.69, 9.17) is 4.74 Å². The van der Waals surface area contributed by atoms with Gasteiger partial charge < -0.3 is 20.1 Å². The molecule has 4 heteroatoms. The maximum absolute atomic E-state index is 9.46. The Bertz CT molecular complexity index is 779. The average molecular weight is 266 g/mol. The number of aromatic nitrogens is 1. The molecule has 100 valence electrons. The first-order chi connectivity index (χ1) is 9.79. The fourth-order valence-electron chi connectivity index (χ4n) is 2.66. The lowest BCUT2D eigenvalue weighted by molar-refractivity contribution is 0.338. The van der Waals surface area contributed by atoms with Crippen LogP contribution in [0.4, 0.5) is 5.69 Å². The van der Waals surface area contributed by atoms with E-state index in [1.807, 2.05) is 12.3 Å². The molecule has 2 heterocycles. The highest BCUT2D eigenvalue weighted by atomic mass is 16.5. The van der Waals surface area contributed by atoms with E-state index in [0.717, 1.165) is 22.5 Å². The molecule has 20 heavy (non-hydrogen) atoms. The van der Waals surface area contributed by atoms with Crippen molar-refractivity contribution in [2.24, 2.45) is 0 Å². The fraction of sp³-hybridized carbons (Fsp3) is 0.125.